The highest BCUT2D eigenvalue weighted by atomic mass is 32.1. The highest BCUT2D eigenvalue weighted by Gasteiger charge is 2.17. The van der Waals surface area contributed by atoms with Crippen LogP contribution in [0.4, 0.5) is 0 Å². The van der Waals surface area contributed by atoms with Gasteiger partial charge in [0.1, 0.15) is 11.2 Å². The van der Waals surface area contributed by atoms with Crippen LogP contribution in [-0.4, -0.2) is 54.1 Å². The summed E-state index contributed by atoms with van der Waals surface area (Å²) in [4.78, 5) is 24.9. The molecule has 0 aliphatic heterocycles. The maximum Gasteiger partial charge on any atom is 0.159 e. The van der Waals surface area contributed by atoms with Crippen LogP contribution in [-0.2, 0) is 6.54 Å². The van der Waals surface area contributed by atoms with Crippen molar-refractivity contribution in [3.05, 3.63) is 66.2 Å². The molecule has 0 aliphatic carbocycles. The Balaban J connectivity index is 1.45. The van der Waals surface area contributed by atoms with Gasteiger partial charge in [0, 0.05) is 52.9 Å². The van der Waals surface area contributed by atoms with Gasteiger partial charge in [0.2, 0.25) is 0 Å². The quantitative estimate of drug-likeness (QED) is 0.392. The summed E-state index contributed by atoms with van der Waals surface area (Å²) < 4.78 is 0. The van der Waals surface area contributed by atoms with Crippen molar-refractivity contribution in [3.63, 3.8) is 0 Å². The summed E-state index contributed by atoms with van der Waals surface area (Å²) in [5.41, 5.74) is 7.34. The van der Waals surface area contributed by atoms with Crippen LogP contribution in [0.15, 0.2) is 60.6 Å². The SMILES string of the molecule is CN(C)Cc1cncc(-c2cnc3[nH]nc(-c4nc5c(-c6cccs6)cncc5[nH]4)c3c2)c1. The Labute approximate surface area is 193 Å². The van der Waals surface area contributed by atoms with Crippen molar-refractivity contribution in [2.45, 2.75) is 6.54 Å². The van der Waals surface area contributed by atoms with Gasteiger partial charge in [-0.2, -0.15) is 5.10 Å². The zero-order valence-corrected chi connectivity index (χ0v) is 18.9. The van der Waals surface area contributed by atoms with Crippen LogP contribution in [0.1, 0.15) is 5.56 Å². The normalized spacial score (nSPS) is 11.7. The van der Waals surface area contributed by atoms with E-state index in [1.807, 2.05) is 44.9 Å². The van der Waals surface area contributed by atoms with Crippen molar-refractivity contribution in [1.82, 2.24) is 40.0 Å². The van der Waals surface area contributed by atoms with E-state index >= 15 is 0 Å². The van der Waals surface area contributed by atoms with E-state index in [9.17, 15) is 0 Å². The Kier molecular flexibility index (Phi) is 4.70. The molecule has 0 radical (unpaired) electrons. The number of pyridine rings is 3. The molecule has 162 valence electrons. The highest BCUT2D eigenvalue weighted by Crippen LogP contribution is 2.33. The largest absolute Gasteiger partial charge is 0.335 e. The molecular weight excluding hydrogens is 432 g/mol. The van der Waals surface area contributed by atoms with Gasteiger partial charge in [-0.15, -0.1) is 11.3 Å². The Bertz CT molecular complexity index is 1580. The number of H-pyrrole nitrogens is 2. The molecule has 0 aromatic carbocycles. The first-order valence-electron chi connectivity index (χ1n) is 10.5. The molecule has 6 heterocycles. The average Bonchev–Trinajstić information content (AvgIpc) is 3.57. The highest BCUT2D eigenvalue weighted by molar-refractivity contribution is 7.13. The van der Waals surface area contributed by atoms with Crippen LogP contribution >= 0.6 is 11.3 Å². The standard InChI is InChI=1S/C24H20N8S/c1-32(2)13-14-6-15(9-25-8-14)16-7-17-22(30-31-23(17)27-10-16)24-28-19-12-26-11-18(21(19)29-24)20-4-3-5-33-20/h3-12H,13H2,1-2H3,(H,28,29)(H,27,30,31). The number of hydrogen-bond donors (Lipinski definition) is 2. The van der Waals surface area contributed by atoms with E-state index in [2.05, 4.69) is 58.6 Å². The molecule has 0 spiro atoms. The molecule has 6 rings (SSSR count). The molecule has 6 aromatic rings. The van der Waals surface area contributed by atoms with Gasteiger partial charge in [0.15, 0.2) is 11.5 Å². The molecule has 0 saturated heterocycles. The third kappa shape index (κ3) is 3.57. The van der Waals surface area contributed by atoms with E-state index in [0.717, 1.165) is 55.8 Å². The minimum absolute atomic E-state index is 0.681. The number of fused-ring (bicyclic) bond motifs is 2. The van der Waals surface area contributed by atoms with Crippen LogP contribution in [0.25, 0.3) is 55.2 Å². The molecular formula is C24H20N8S. The Morgan fingerprint density at radius 2 is 1.88 bits per heavy atom. The van der Waals surface area contributed by atoms with E-state index < -0.39 is 0 Å². The summed E-state index contributed by atoms with van der Waals surface area (Å²) in [6, 6.07) is 8.34. The number of hydrogen-bond acceptors (Lipinski definition) is 7. The molecule has 0 aliphatic rings. The van der Waals surface area contributed by atoms with Gasteiger partial charge in [-0.1, -0.05) is 6.07 Å². The lowest BCUT2D eigenvalue weighted by atomic mass is 10.1. The Morgan fingerprint density at radius 1 is 1.00 bits per heavy atom. The molecule has 6 aromatic heterocycles. The summed E-state index contributed by atoms with van der Waals surface area (Å²) >= 11 is 1.67. The molecule has 2 N–H and O–H groups in total. The van der Waals surface area contributed by atoms with Crippen LogP contribution in [0.3, 0.4) is 0 Å². The van der Waals surface area contributed by atoms with Gasteiger partial charge in [-0.3, -0.25) is 15.1 Å². The molecule has 0 atom stereocenters. The van der Waals surface area contributed by atoms with Crippen molar-refractivity contribution in [3.8, 4) is 33.1 Å². The maximum atomic E-state index is 4.89. The third-order valence-electron chi connectivity index (χ3n) is 5.45. The number of aromatic nitrogens is 7. The Hall–Kier alpha value is -3.95. The van der Waals surface area contributed by atoms with Crippen molar-refractivity contribution in [1.29, 1.82) is 0 Å². The molecule has 0 fully saturated rings. The Morgan fingerprint density at radius 3 is 2.73 bits per heavy atom. The number of aromatic amines is 2. The van der Waals surface area contributed by atoms with E-state index in [4.69, 9.17) is 4.98 Å². The predicted molar refractivity (Wildman–Crippen MR) is 131 cm³/mol. The monoisotopic (exact) mass is 452 g/mol. The van der Waals surface area contributed by atoms with Crippen LogP contribution < -0.4 is 0 Å². The van der Waals surface area contributed by atoms with Gasteiger partial charge < -0.3 is 9.88 Å². The molecule has 0 saturated carbocycles. The molecule has 0 bridgehead atoms. The summed E-state index contributed by atoms with van der Waals surface area (Å²) in [5.74, 6) is 0.681. The second kappa shape index (κ2) is 7.88. The fourth-order valence-corrected chi connectivity index (χ4v) is 4.73. The average molecular weight is 453 g/mol. The number of imidazole rings is 1. The molecule has 0 amide bonds. The number of thiophene rings is 1. The van der Waals surface area contributed by atoms with E-state index in [0.29, 0.717) is 11.5 Å². The molecule has 33 heavy (non-hydrogen) atoms. The van der Waals surface area contributed by atoms with Crippen LogP contribution in [0.5, 0.6) is 0 Å². The van der Waals surface area contributed by atoms with E-state index in [1.54, 1.807) is 17.5 Å². The zero-order chi connectivity index (χ0) is 22.4. The second-order valence-corrected chi connectivity index (χ2v) is 9.11. The topological polar surface area (TPSA) is 99.3 Å². The first kappa shape index (κ1) is 19.7. The smallest absolute Gasteiger partial charge is 0.159 e. The minimum atomic E-state index is 0.681. The fraction of sp³-hybridized carbons (Fsp3) is 0.125. The fourth-order valence-electron chi connectivity index (χ4n) is 4.00. The number of nitrogens with zero attached hydrogens (tertiary/aromatic N) is 6. The minimum Gasteiger partial charge on any atom is -0.335 e. The molecule has 0 unspecified atom stereocenters. The lowest BCUT2D eigenvalue weighted by Crippen LogP contribution is -2.10. The number of rotatable bonds is 5. The van der Waals surface area contributed by atoms with Gasteiger partial charge >= 0.3 is 0 Å². The van der Waals surface area contributed by atoms with Crippen molar-refractivity contribution >= 4 is 33.4 Å². The lowest BCUT2D eigenvalue weighted by molar-refractivity contribution is 0.402. The van der Waals surface area contributed by atoms with Crippen molar-refractivity contribution in [2.75, 3.05) is 14.1 Å². The lowest BCUT2D eigenvalue weighted by Gasteiger charge is -2.10. The predicted octanol–water partition coefficient (Wildman–Crippen LogP) is 4.75. The van der Waals surface area contributed by atoms with Crippen LogP contribution in [0.2, 0.25) is 0 Å². The molecule has 9 heteroatoms. The van der Waals surface area contributed by atoms with Crippen molar-refractivity contribution in [2.24, 2.45) is 0 Å². The first-order chi connectivity index (χ1) is 16.2. The van der Waals surface area contributed by atoms with Crippen molar-refractivity contribution < 1.29 is 0 Å². The van der Waals surface area contributed by atoms with E-state index in [-0.39, 0.29) is 0 Å². The van der Waals surface area contributed by atoms with Gasteiger partial charge in [0.05, 0.1) is 17.1 Å². The summed E-state index contributed by atoms with van der Waals surface area (Å²) in [6.07, 6.45) is 9.25. The number of nitrogens with one attached hydrogen (secondary N) is 2. The van der Waals surface area contributed by atoms with Gasteiger partial charge in [-0.25, -0.2) is 9.97 Å². The molecule has 8 nitrogen and oxygen atoms in total. The van der Waals surface area contributed by atoms with Gasteiger partial charge in [-0.05, 0) is 43.2 Å². The summed E-state index contributed by atoms with van der Waals surface area (Å²) in [7, 11) is 4.09. The zero-order valence-electron chi connectivity index (χ0n) is 18.1. The summed E-state index contributed by atoms with van der Waals surface area (Å²) in [6.45, 7) is 0.826. The maximum absolute atomic E-state index is 4.89. The third-order valence-corrected chi connectivity index (χ3v) is 6.35. The van der Waals surface area contributed by atoms with E-state index in [1.165, 1.54) is 0 Å². The first-order valence-corrected chi connectivity index (χ1v) is 11.3. The van der Waals surface area contributed by atoms with Gasteiger partial charge in [0.25, 0.3) is 0 Å². The second-order valence-electron chi connectivity index (χ2n) is 8.16. The summed E-state index contributed by atoms with van der Waals surface area (Å²) in [5, 5.41) is 10.5. The van der Waals surface area contributed by atoms with Crippen LogP contribution in [0, 0.1) is 0 Å².